The van der Waals surface area contributed by atoms with Gasteiger partial charge in [-0.25, -0.2) is 18.1 Å². The van der Waals surface area contributed by atoms with E-state index >= 15 is 0 Å². The molecule has 2 heterocycles. The van der Waals surface area contributed by atoms with Crippen LogP contribution in [-0.4, -0.2) is 34.3 Å². The largest absolute Gasteiger partial charge is 0.524 e. The van der Waals surface area contributed by atoms with Gasteiger partial charge < -0.3 is 9.42 Å². The quantitative estimate of drug-likeness (QED) is 0.760. The summed E-state index contributed by atoms with van der Waals surface area (Å²) in [6, 6.07) is 6.48. The summed E-state index contributed by atoms with van der Waals surface area (Å²) in [5.41, 5.74) is 1.59. The molecule has 146 valence electrons. The molecule has 1 unspecified atom stereocenters. The second kappa shape index (κ2) is 6.41. The molecule has 0 bridgehead atoms. The number of halogens is 2. The fourth-order valence-electron chi connectivity index (χ4n) is 3.54. The summed E-state index contributed by atoms with van der Waals surface area (Å²) in [6.07, 6.45) is 1.64. The molecule has 2 aromatic rings. The highest BCUT2D eigenvalue weighted by Gasteiger charge is 2.40. The lowest BCUT2D eigenvalue weighted by Gasteiger charge is -2.37. The number of benzene rings is 2. The monoisotopic (exact) mass is 408 g/mol. The number of rotatable bonds is 3. The van der Waals surface area contributed by atoms with Gasteiger partial charge in [-0.2, -0.15) is 0 Å². The van der Waals surface area contributed by atoms with E-state index in [4.69, 9.17) is 9.79 Å². The molecule has 1 atom stereocenters. The molecule has 2 aliphatic rings. The van der Waals surface area contributed by atoms with Crippen LogP contribution in [0.2, 0.25) is 0 Å². The molecule has 10 heteroatoms. The van der Waals surface area contributed by atoms with E-state index in [0.29, 0.717) is 16.8 Å². The lowest BCUT2D eigenvalue weighted by Crippen LogP contribution is -2.45. The molecular weight excluding hydrogens is 393 g/mol. The van der Waals surface area contributed by atoms with E-state index in [0.717, 1.165) is 18.2 Å². The summed E-state index contributed by atoms with van der Waals surface area (Å²) >= 11 is 0. The van der Waals surface area contributed by atoms with E-state index in [1.54, 1.807) is 13.1 Å². The fraction of sp³-hybridized carbons (Fsp3) is 0.167. The SMILES string of the molecule is CN1C(=O)N2CC(c3cc(F)ccc3F)=CC2c2cc(OP(=O)(O)O)ccc21. The lowest BCUT2D eigenvalue weighted by molar-refractivity contribution is 0.202. The second-order valence-corrected chi connectivity index (χ2v) is 7.70. The van der Waals surface area contributed by atoms with Crippen LogP contribution in [0.15, 0.2) is 42.5 Å². The van der Waals surface area contributed by atoms with Crippen molar-refractivity contribution in [3.63, 3.8) is 0 Å². The maximum Gasteiger partial charge on any atom is 0.524 e. The summed E-state index contributed by atoms with van der Waals surface area (Å²) in [7, 11) is -3.19. The maximum atomic E-state index is 14.2. The van der Waals surface area contributed by atoms with Gasteiger partial charge in [-0.1, -0.05) is 6.08 Å². The zero-order chi connectivity index (χ0) is 20.2. The predicted molar refractivity (Wildman–Crippen MR) is 96.7 cm³/mol. The molecule has 0 aliphatic carbocycles. The summed E-state index contributed by atoms with van der Waals surface area (Å²) in [4.78, 5) is 33.6. The van der Waals surface area contributed by atoms with Crippen molar-refractivity contribution in [2.45, 2.75) is 6.04 Å². The van der Waals surface area contributed by atoms with Gasteiger partial charge in [-0.3, -0.25) is 14.7 Å². The first-order valence-corrected chi connectivity index (χ1v) is 9.76. The van der Waals surface area contributed by atoms with E-state index in [-0.39, 0.29) is 23.9 Å². The maximum absolute atomic E-state index is 14.2. The number of carbonyl (C=O) groups is 1. The predicted octanol–water partition coefficient (Wildman–Crippen LogP) is 3.45. The molecule has 2 amide bonds. The van der Waals surface area contributed by atoms with Gasteiger partial charge >= 0.3 is 13.9 Å². The Bertz CT molecular complexity index is 1070. The minimum atomic E-state index is -4.75. The van der Waals surface area contributed by atoms with Crippen LogP contribution >= 0.6 is 7.82 Å². The van der Waals surface area contributed by atoms with Crippen molar-refractivity contribution in [2.24, 2.45) is 0 Å². The zero-order valence-corrected chi connectivity index (χ0v) is 15.4. The summed E-state index contributed by atoms with van der Waals surface area (Å²) < 4.78 is 43.5. The number of amides is 2. The number of phosphoric acid groups is 1. The molecule has 0 saturated heterocycles. The molecular formula is C18H15F2N2O5P. The van der Waals surface area contributed by atoms with Crippen molar-refractivity contribution in [3.05, 3.63) is 65.2 Å². The smallest absolute Gasteiger partial charge is 0.404 e. The Labute approximate surface area is 158 Å². The highest BCUT2D eigenvalue weighted by atomic mass is 31.2. The van der Waals surface area contributed by atoms with Gasteiger partial charge in [0, 0.05) is 24.7 Å². The highest BCUT2D eigenvalue weighted by molar-refractivity contribution is 7.46. The molecule has 2 aliphatic heterocycles. The Kier molecular flexibility index (Phi) is 4.26. The van der Waals surface area contributed by atoms with Crippen LogP contribution in [0, 0.1) is 11.6 Å². The molecule has 0 saturated carbocycles. The van der Waals surface area contributed by atoms with Crippen molar-refractivity contribution in [1.82, 2.24) is 4.90 Å². The first-order valence-electron chi connectivity index (χ1n) is 8.23. The highest BCUT2D eigenvalue weighted by Crippen LogP contribution is 2.46. The van der Waals surface area contributed by atoms with E-state index in [9.17, 15) is 18.1 Å². The Hall–Kier alpha value is -2.74. The van der Waals surface area contributed by atoms with Crippen LogP contribution in [0.25, 0.3) is 5.57 Å². The van der Waals surface area contributed by atoms with Gasteiger partial charge in [0.15, 0.2) is 0 Å². The number of fused-ring (bicyclic) bond motifs is 3. The molecule has 0 fully saturated rings. The average molecular weight is 408 g/mol. The third-order valence-electron chi connectivity index (χ3n) is 4.75. The molecule has 2 aromatic carbocycles. The molecule has 0 radical (unpaired) electrons. The third-order valence-corrected chi connectivity index (χ3v) is 5.19. The van der Waals surface area contributed by atoms with Crippen molar-refractivity contribution >= 4 is 25.1 Å². The molecule has 2 N–H and O–H groups in total. The third kappa shape index (κ3) is 3.17. The van der Waals surface area contributed by atoms with Crippen LogP contribution in [0.1, 0.15) is 17.2 Å². The van der Waals surface area contributed by atoms with Gasteiger partial charge in [0.25, 0.3) is 0 Å². The van der Waals surface area contributed by atoms with Crippen molar-refractivity contribution < 1.29 is 32.5 Å². The summed E-state index contributed by atoms with van der Waals surface area (Å²) in [5.74, 6) is -1.26. The number of urea groups is 1. The number of carbonyl (C=O) groups excluding carboxylic acids is 1. The van der Waals surface area contributed by atoms with Crippen LogP contribution in [0.5, 0.6) is 5.75 Å². The Morgan fingerprint density at radius 1 is 1.18 bits per heavy atom. The second-order valence-electron chi connectivity index (χ2n) is 6.53. The van der Waals surface area contributed by atoms with Crippen LogP contribution < -0.4 is 9.42 Å². The topological polar surface area (TPSA) is 90.3 Å². The van der Waals surface area contributed by atoms with Crippen LogP contribution in [0.3, 0.4) is 0 Å². The molecule has 7 nitrogen and oxygen atoms in total. The van der Waals surface area contributed by atoms with Crippen molar-refractivity contribution in [2.75, 3.05) is 18.5 Å². The average Bonchev–Trinajstić information content (AvgIpc) is 3.06. The molecule has 28 heavy (non-hydrogen) atoms. The Morgan fingerprint density at radius 3 is 2.64 bits per heavy atom. The normalized spacial score (nSPS) is 18.7. The van der Waals surface area contributed by atoms with Gasteiger partial charge in [0.1, 0.15) is 17.4 Å². The van der Waals surface area contributed by atoms with Gasteiger partial charge in [-0.05, 0) is 42.0 Å². The van der Waals surface area contributed by atoms with Crippen LogP contribution in [-0.2, 0) is 4.57 Å². The van der Waals surface area contributed by atoms with Crippen molar-refractivity contribution in [1.29, 1.82) is 0 Å². The van der Waals surface area contributed by atoms with Gasteiger partial charge in [0.2, 0.25) is 0 Å². The van der Waals surface area contributed by atoms with Crippen LogP contribution in [0.4, 0.5) is 19.3 Å². The summed E-state index contributed by atoms with van der Waals surface area (Å²) in [5, 5.41) is 0. The van der Waals surface area contributed by atoms with E-state index in [2.05, 4.69) is 4.52 Å². The minimum Gasteiger partial charge on any atom is -0.404 e. The van der Waals surface area contributed by atoms with E-state index in [1.807, 2.05) is 0 Å². The number of hydrogen-bond donors (Lipinski definition) is 2. The lowest BCUT2D eigenvalue weighted by atomic mass is 9.99. The number of nitrogens with zero attached hydrogens (tertiary/aromatic N) is 2. The van der Waals surface area contributed by atoms with E-state index < -0.39 is 25.5 Å². The molecule has 0 spiro atoms. The van der Waals surface area contributed by atoms with Crippen molar-refractivity contribution in [3.8, 4) is 5.75 Å². The first-order chi connectivity index (χ1) is 13.1. The molecule has 4 rings (SSSR count). The standard InChI is InChI=1S/C18H15F2N2O5P/c1-21-16-5-3-12(27-28(24,25)26)8-14(16)17-6-10(9-22(17)18(21)23)13-7-11(19)2-4-15(13)20/h2-8,17H,9H2,1H3,(H2,24,25,26). The van der Waals surface area contributed by atoms with E-state index in [1.165, 1.54) is 28.0 Å². The van der Waals surface area contributed by atoms with Gasteiger partial charge in [0.05, 0.1) is 11.7 Å². The fourth-order valence-corrected chi connectivity index (χ4v) is 3.93. The zero-order valence-electron chi connectivity index (χ0n) is 14.5. The minimum absolute atomic E-state index is 0.0615. The number of phosphoric ester groups is 1. The molecule has 0 aromatic heterocycles. The van der Waals surface area contributed by atoms with Gasteiger partial charge in [-0.15, -0.1) is 0 Å². The Morgan fingerprint density at radius 2 is 1.93 bits per heavy atom. The number of hydrogen-bond acceptors (Lipinski definition) is 3. The first kappa shape index (κ1) is 18.6. The Balaban J connectivity index is 1.80. The summed E-state index contributed by atoms with van der Waals surface area (Å²) in [6.45, 7) is 0.0667. The number of anilines is 1.